The van der Waals surface area contributed by atoms with Crippen molar-refractivity contribution in [3.8, 4) is 11.5 Å². The Balaban J connectivity index is 2.16. The number of phenolic OH excluding ortho intramolecular Hbond substituents is 1. The zero-order chi connectivity index (χ0) is 16.9. The number of benzene rings is 2. The summed E-state index contributed by atoms with van der Waals surface area (Å²) in [5, 5.41) is 9.62. The zero-order valence-electron chi connectivity index (χ0n) is 11.8. The molecule has 0 bridgehead atoms. The van der Waals surface area contributed by atoms with Gasteiger partial charge < -0.3 is 9.84 Å². The Bertz CT molecular complexity index is 689. The molecule has 23 heavy (non-hydrogen) atoms. The largest absolute Gasteiger partial charge is 0.507 e. The molecule has 0 saturated heterocycles. The number of rotatable bonds is 6. The van der Waals surface area contributed by atoms with Crippen LogP contribution in [0, 0.1) is 0 Å². The van der Waals surface area contributed by atoms with Gasteiger partial charge in [-0.2, -0.15) is 8.78 Å². The SMILES string of the molecule is Oc1ccccc1C=Nc1ccccc1OCC(F)(F)C(F)F. The van der Waals surface area contributed by atoms with Gasteiger partial charge in [0.2, 0.25) is 0 Å². The van der Waals surface area contributed by atoms with Crippen molar-refractivity contribution in [1.82, 2.24) is 0 Å². The first-order valence-corrected chi connectivity index (χ1v) is 6.60. The van der Waals surface area contributed by atoms with Crippen LogP contribution in [0.5, 0.6) is 11.5 Å². The van der Waals surface area contributed by atoms with Crippen LogP contribution in [0.2, 0.25) is 0 Å². The number of aliphatic imine (C=N–C) groups is 1. The molecule has 0 amide bonds. The fourth-order valence-electron chi connectivity index (χ4n) is 1.66. The lowest BCUT2D eigenvalue weighted by atomic mass is 10.2. The highest BCUT2D eigenvalue weighted by Crippen LogP contribution is 2.30. The summed E-state index contributed by atoms with van der Waals surface area (Å²) in [4.78, 5) is 4.04. The van der Waals surface area contributed by atoms with Crippen molar-refractivity contribution in [2.75, 3.05) is 6.61 Å². The molecule has 0 aromatic heterocycles. The Kier molecular flexibility index (Phi) is 5.20. The van der Waals surface area contributed by atoms with E-state index in [2.05, 4.69) is 4.99 Å². The quantitative estimate of drug-likeness (QED) is 0.630. The molecule has 0 heterocycles. The van der Waals surface area contributed by atoms with Gasteiger partial charge in [-0.3, -0.25) is 4.99 Å². The minimum Gasteiger partial charge on any atom is -0.507 e. The molecule has 2 aromatic carbocycles. The fraction of sp³-hybridized carbons (Fsp3) is 0.188. The highest BCUT2D eigenvalue weighted by atomic mass is 19.3. The van der Waals surface area contributed by atoms with Gasteiger partial charge in [0, 0.05) is 11.8 Å². The number of hydrogen-bond acceptors (Lipinski definition) is 3. The summed E-state index contributed by atoms with van der Waals surface area (Å²) >= 11 is 0. The smallest absolute Gasteiger partial charge is 0.340 e. The van der Waals surface area contributed by atoms with Crippen molar-refractivity contribution in [3.63, 3.8) is 0 Å². The number of alkyl halides is 4. The van der Waals surface area contributed by atoms with E-state index in [1.54, 1.807) is 24.3 Å². The lowest BCUT2D eigenvalue weighted by Gasteiger charge is -2.16. The Morgan fingerprint density at radius 1 is 1.09 bits per heavy atom. The van der Waals surface area contributed by atoms with E-state index >= 15 is 0 Å². The normalized spacial score (nSPS) is 12.0. The van der Waals surface area contributed by atoms with Crippen molar-refractivity contribution in [2.45, 2.75) is 12.3 Å². The van der Waals surface area contributed by atoms with Crippen LogP contribution < -0.4 is 4.74 Å². The van der Waals surface area contributed by atoms with E-state index in [-0.39, 0.29) is 17.2 Å². The number of para-hydroxylation sites is 3. The Hall–Kier alpha value is -2.57. The molecule has 122 valence electrons. The molecular formula is C16H13F4NO2. The van der Waals surface area contributed by atoms with Crippen LogP contribution >= 0.6 is 0 Å². The average molecular weight is 327 g/mol. The van der Waals surface area contributed by atoms with Gasteiger partial charge in [0.05, 0.1) is 0 Å². The molecule has 0 atom stereocenters. The van der Waals surface area contributed by atoms with Crippen LogP contribution in [0.1, 0.15) is 5.56 Å². The first kappa shape index (κ1) is 16.8. The number of halogens is 4. The van der Waals surface area contributed by atoms with Crippen LogP contribution in [-0.4, -0.2) is 30.3 Å². The third-order valence-corrected chi connectivity index (χ3v) is 2.88. The molecule has 0 radical (unpaired) electrons. The first-order chi connectivity index (χ1) is 10.9. The summed E-state index contributed by atoms with van der Waals surface area (Å²) < 4.78 is 54.9. The third kappa shape index (κ3) is 4.45. The number of aromatic hydroxyl groups is 1. The maximum atomic E-state index is 12.9. The fourth-order valence-corrected chi connectivity index (χ4v) is 1.66. The van der Waals surface area contributed by atoms with Crippen LogP contribution in [0.25, 0.3) is 0 Å². The molecule has 0 aliphatic heterocycles. The Labute approximate surface area is 129 Å². The minimum atomic E-state index is -4.24. The van der Waals surface area contributed by atoms with E-state index in [4.69, 9.17) is 4.74 Å². The maximum absolute atomic E-state index is 12.9. The van der Waals surface area contributed by atoms with Gasteiger partial charge in [0.15, 0.2) is 6.61 Å². The number of nitrogens with zero attached hydrogens (tertiary/aromatic N) is 1. The highest BCUT2D eigenvalue weighted by molar-refractivity contribution is 5.85. The van der Waals surface area contributed by atoms with Crippen molar-refractivity contribution in [1.29, 1.82) is 0 Å². The first-order valence-electron chi connectivity index (χ1n) is 6.60. The predicted molar refractivity (Wildman–Crippen MR) is 78.2 cm³/mol. The van der Waals surface area contributed by atoms with Gasteiger partial charge in [0.1, 0.15) is 17.2 Å². The second-order valence-corrected chi connectivity index (χ2v) is 4.64. The summed E-state index contributed by atoms with van der Waals surface area (Å²) in [6.45, 7) is -1.45. The van der Waals surface area contributed by atoms with Gasteiger partial charge in [-0.25, -0.2) is 8.78 Å². The summed E-state index contributed by atoms with van der Waals surface area (Å²) in [5.74, 6) is -4.30. The van der Waals surface area contributed by atoms with Crippen molar-refractivity contribution >= 4 is 11.9 Å². The molecule has 3 nitrogen and oxygen atoms in total. The standard InChI is InChI=1S/C16H13F4NO2/c17-15(18)16(19,20)10-23-14-8-4-2-6-12(14)21-9-11-5-1-3-7-13(11)22/h1-9,15,22H,10H2. The van der Waals surface area contributed by atoms with E-state index in [1.807, 2.05) is 0 Å². The molecule has 7 heteroatoms. The van der Waals surface area contributed by atoms with E-state index in [0.29, 0.717) is 5.56 Å². The number of ether oxygens (including phenoxy) is 1. The highest BCUT2D eigenvalue weighted by Gasteiger charge is 2.41. The van der Waals surface area contributed by atoms with Gasteiger partial charge in [0.25, 0.3) is 0 Å². The summed E-state index contributed by atoms with van der Waals surface area (Å²) in [6, 6.07) is 12.3. The van der Waals surface area contributed by atoms with E-state index in [9.17, 15) is 22.7 Å². The van der Waals surface area contributed by atoms with Gasteiger partial charge in [-0.05, 0) is 24.3 Å². The molecule has 2 rings (SSSR count). The topological polar surface area (TPSA) is 41.8 Å². The van der Waals surface area contributed by atoms with Gasteiger partial charge in [-0.15, -0.1) is 0 Å². The van der Waals surface area contributed by atoms with E-state index in [0.717, 1.165) is 0 Å². The lowest BCUT2D eigenvalue weighted by molar-refractivity contribution is -0.148. The van der Waals surface area contributed by atoms with Crippen molar-refractivity contribution < 1.29 is 27.4 Å². The second kappa shape index (κ2) is 7.13. The molecular weight excluding hydrogens is 314 g/mol. The van der Waals surface area contributed by atoms with Crippen molar-refractivity contribution in [2.24, 2.45) is 4.99 Å². The molecule has 0 aliphatic carbocycles. The third-order valence-electron chi connectivity index (χ3n) is 2.88. The molecule has 0 unspecified atom stereocenters. The van der Waals surface area contributed by atoms with Gasteiger partial charge in [-0.1, -0.05) is 24.3 Å². The Morgan fingerprint density at radius 2 is 1.74 bits per heavy atom. The monoisotopic (exact) mass is 327 g/mol. The van der Waals surface area contributed by atoms with Crippen LogP contribution in [0.4, 0.5) is 23.2 Å². The second-order valence-electron chi connectivity index (χ2n) is 4.64. The number of phenols is 1. The summed E-state index contributed by atoms with van der Waals surface area (Å²) in [5.41, 5.74) is 0.598. The maximum Gasteiger partial charge on any atom is 0.340 e. The summed E-state index contributed by atoms with van der Waals surface area (Å²) in [7, 11) is 0. The lowest BCUT2D eigenvalue weighted by Crippen LogP contribution is -2.33. The molecule has 1 N–H and O–H groups in total. The number of hydrogen-bond donors (Lipinski definition) is 1. The molecule has 0 spiro atoms. The zero-order valence-corrected chi connectivity index (χ0v) is 11.8. The molecule has 2 aromatic rings. The van der Waals surface area contributed by atoms with E-state index < -0.39 is 19.0 Å². The van der Waals surface area contributed by atoms with Crippen LogP contribution in [0.15, 0.2) is 53.5 Å². The molecule has 0 aliphatic rings. The van der Waals surface area contributed by atoms with Crippen molar-refractivity contribution in [3.05, 3.63) is 54.1 Å². The minimum absolute atomic E-state index is 0.00103. The average Bonchev–Trinajstić information content (AvgIpc) is 2.53. The predicted octanol–water partition coefficient (Wildman–Crippen LogP) is 4.42. The van der Waals surface area contributed by atoms with E-state index in [1.165, 1.54) is 30.5 Å². The summed E-state index contributed by atoms with van der Waals surface area (Å²) in [6.07, 6.45) is -2.48. The van der Waals surface area contributed by atoms with Crippen LogP contribution in [0.3, 0.4) is 0 Å². The van der Waals surface area contributed by atoms with Crippen LogP contribution in [-0.2, 0) is 0 Å². The Morgan fingerprint density at radius 3 is 2.43 bits per heavy atom. The van der Waals surface area contributed by atoms with Gasteiger partial charge >= 0.3 is 12.3 Å². The molecule has 0 fully saturated rings. The molecule has 0 saturated carbocycles.